The highest BCUT2D eigenvalue weighted by molar-refractivity contribution is 6.46. The highest BCUT2D eigenvalue weighted by atomic mass is 16.5. The van der Waals surface area contributed by atoms with Gasteiger partial charge in [0, 0.05) is 18.7 Å². The van der Waals surface area contributed by atoms with E-state index in [0.29, 0.717) is 36.9 Å². The number of hydrogen-bond acceptors (Lipinski definition) is 6. The number of aliphatic hydroxyl groups is 1. The summed E-state index contributed by atoms with van der Waals surface area (Å²) in [7, 11) is 0. The fourth-order valence-corrected chi connectivity index (χ4v) is 5.19. The molecule has 2 aliphatic rings. The summed E-state index contributed by atoms with van der Waals surface area (Å²) in [6.07, 6.45) is 1.60. The normalized spacial score (nSPS) is 20.4. The molecule has 0 bridgehead atoms. The number of Topliss-reactive ketones (excluding diaryl/α,β-unsaturated/α-hetero) is 1. The van der Waals surface area contributed by atoms with E-state index in [4.69, 9.17) is 14.2 Å². The molecule has 0 saturated carbocycles. The van der Waals surface area contributed by atoms with Crippen LogP contribution in [-0.4, -0.2) is 47.6 Å². The standard InChI is InChI=1S/C32H33NO6/c1-3-37-25-14-11-23(12-15-25)29-28(31(35)32(36)33(29)19-26-10-7-17-38-26)30(34)24-13-16-27(21(2)18-24)39-20-22-8-5-4-6-9-22/h4-6,8-9,11-16,18,26,29,34H,3,7,10,17,19-20H2,1-2H3/b30-28-. The van der Waals surface area contributed by atoms with Crippen LogP contribution in [0.2, 0.25) is 0 Å². The van der Waals surface area contributed by atoms with E-state index in [1.165, 1.54) is 4.90 Å². The summed E-state index contributed by atoms with van der Waals surface area (Å²) < 4.78 is 17.3. The van der Waals surface area contributed by atoms with Crippen LogP contribution in [0.4, 0.5) is 0 Å². The Kier molecular flexibility index (Phi) is 7.98. The first-order chi connectivity index (χ1) is 19.0. The molecule has 3 aromatic carbocycles. The van der Waals surface area contributed by atoms with Crippen molar-refractivity contribution in [3.05, 3.63) is 101 Å². The number of rotatable bonds is 9. The number of nitrogens with zero attached hydrogens (tertiary/aromatic N) is 1. The third-order valence-electron chi connectivity index (χ3n) is 7.16. The summed E-state index contributed by atoms with van der Waals surface area (Å²) in [6.45, 7) is 5.66. The van der Waals surface area contributed by atoms with E-state index in [-0.39, 0.29) is 24.0 Å². The Morgan fingerprint density at radius 3 is 2.46 bits per heavy atom. The Morgan fingerprint density at radius 2 is 1.79 bits per heavy atom. The molecule has 7 nitrogen and oxygen atoms in total. The van der Waals surface area contributed by atoms with Crippen molar-refractivity contribution in [2.24, 2.45) is 0 Å². The second kappa shape index (κ2) is 11.7. The summed E-state index contributed by atoms with van der Waals surface area (Å²) in [5.74, 6) is -0.173. The molecule has 2 saturated heterocycles. The third kappa shape index (κ3) is 5.68. The smallest absolute Gasteiger partial charge is 0.295 e. The van der Waals surface area contributed by atoms with Crippen molar-refractivity contribution in [3.8, 4) is 11.5 Å². The van der Waals surface area contributed by atoms with Gasteiger partial charge in [-0.15, -0.1) is 0 Å². The minimum atomic E-state index is -0.737. The molecule has 7 heteroatoms. The van der Waals surface area contributed by atoms with Gasteiger partial charge in [-0.2, -0.15) is 0 Å². The summed E-state index contributed by atoms with van der Waals surface area (Å²) in [6, 6.07) is 21.7. The number of carbonyl (C=O) groups excluding carboxylic acids is 2. The first-order valence-electron chi connectivity index (χ1n) is 13.4. The van der Waals surface area contributed by atoms with Crippen molar-refractivity contribution in [1.82, 2.24) is 4.90 Å². The third-order valence-corrected chi connectivity index (χ3v) is 7.16. The Balaban J connectivity index is 1.48. The molecule has 0 spiro atoms. The van der Waals surface area contributed by atoms with E-state index in [2.05, 4.69) is 0 Å². The Bertz CT molecular complexity index is 1360. The number of carbonyl (C=O) groups is 2. The second-order valence-electron chi connectivity index (χ2n) is 9.84. The summed E-state index contributed by atoms with van der Waals surface area (Å²) in [4.78, 5) is 28.2. The highest BCUT2D eigenvalue weighted by Gasteiger charge is 2.47. The summed E-state index contributed by atoms with van der Waals surface area (Å²) in [5, 5.41) is 11.5. The number of likely N-dealkylation sites (tertiary alicyclic amines) is 1. The van der Waals surface area contributed by atoms with Gasteiger partial charge in [0.05, 0.1) is 24.3 Å². The molecule has 1 N–H and O–H groups in total. The maximum absolute atomic E-state index is 13.4. The number of ether oxygens (including phenoxy) is 3. The lowest BCUT2D eigenvalue weighted by Gasteiger charge is -2.27. The van der Waals surface area contributed by atoms with Crippen molar-refractivity contribution >= 4 is 17.4 Å². The van der Waals surface area contributed by atoms with Gasteiger partial charge in [0.2, 0.25) is 0 Å². The zero-order valence-corrected chi connectivity index (χ0v) is 22.3. The molecule has 3 aromatic rings. The molecule has 0 radical (unpaired) electrons. The number of ketones is 1. The molecule has 5 rings (SSSR count). The van der Waals surface area contributed by atoms with Crippen LogP contribution in [-0.2, 0) is 20.9 Å². The average molecular weight is 528 g/mol. The van der Waals surface area contributed by atoms with Crippen LogP contribution >= 0.6 is 0 Å². The highest BCUT2D eigenvalue weighted by Crippen LogP contribution is 2.41. The Labute approximate surface area is 228 Å². The maximum atomic E-state index is 13.4. The average Bonchev–Trinajstić information content (AvgIpc) is 3.56. The predicted molar refractivity (Wildman–Crippen MR) is 148 cm³/mol. The van der Waals surface area contributed by atoms with Crippen LogP contribution in [0, 0.1) is 6.92 Å². The molecule has 1 amide bonds. The second-order valence-corrected chi connectivity index (χ2v) is 9.84. The first-order valence-corrected chi connectivity index (χ1v) is 13.4. The Morgan fingerprint density at radius 1 is 1.03 bits per heavy atom. The number of aliphatic hydroxyl groups excluding tert-OH is 1. The quantitative estimate of drug-likeness (QED) is 0.222. The van der Waals surface area contributed by atoms with Gasteiger partial charge in [-0.3, -0.25) is 9.59 Å². The molecule has 2 fully saturated rings. The predicted octanol–water partition coefficient (Wildman–Crippen LogP) is 5.57. The van der Waals surface area contributed by atoms with E-state index in [0.717, 1.165) is 29.5 Å². The zero-order chi connectivity index (χ0) is 27.4. The fourth-order valence-electron chi connectivity index (χ4n) is 5.19. The number of benzene rings is 3. The molecule has 2 atom stereocenters. The first kappa shape index (κ1) is 26.5. The molecule has 39 heavy (non-hydrogen) atoms. The molecule has 2 unspecified atom stereocenters. The topological polar surface area (TPSA) is 85.3 Å². The van der Waals surface area contributed by atoms with Crippen molar-refractivity contribution in [2.75, 3.05) is 19.8 Å². The van der Waals surface area contributed by atoms with Crippen molar-refractivity contribution in [3.63, 3.8) is 0 Å². The minimum Gasteiger partial charge on any atom is -0.507 e. The van der Waals surface area contributed by atoms with Gasteiger partial charge < -0.3 is 24.2 Å². The monoisotopic (exact) mass is 527 g/mol. The Hall–Kier alpha value is -4.10. The van der Waals surface area contributed by atoms with E-state index in [1.807, 2.05) is 68.4 Å². The fraction of sp³-hybridized carbons (Fsp3) is 0.312. The number of amides is 1. The van der Waals surface area contributed by atoms with Crippen LogP contribution in [0.5, 0.6) is 11.5 Å². The molecule has 202 valence electrons. The van der Waals surface area contributed by atoms with E-state index < -0.39 is 17.7 Å². The van der Waals surface area contributed by atoms with Crippen molar-refractivity contribution in [1.29, 1.82) is 0 Å². The van der Waals surface area contributed by atoms with Gasteiger partial charge in [0.25, 0.3) is 11.7 Å². The van der Waals surface area contributed by atoms with Gasteiger partial charge >= 0.3 is 0 Å². The van der Waals surface area contributed by atoms with Crippen molar-refractivity contribution < 1.29 is 28.9 Å². The number of hydrogen-bond donors (Lipinski definition) is 1. The van der Waals surface area contributed by atoms with E-state index in [1.54, 1.807) is 18.2 Å². The molecule has 2 aliphatic heterocycles. The van der Waals surface area contributed by atoms with Crippen LogP contribution in [0.25, 0.3) is 5.76 Å². The van der Waals surface area contributed by atoms with E-state index >= 15 is 0 Å². The lowest BCUT2D eigenvalue weighted by molar-refractivity contribution is -0.140. The van der Waals surface area contributed by atoms with Crippen LogP contribution in [0.15, 0.2) is 78.4 Å². The minimum absolute atomic E-state index is 0.0690. The largest absolute Gasteiger partial charge is 0.507 e. The van der Waals surface area contributed by atoms with Gasteiger partial charge in [-0.05, 0) is 73.7 Å². The summed E-state index contributed by atoms with van der Waals surface area (Å²) in [5.41, 5.74) is 3.09. The number of aryl methyl sites for hydroxylation is 1. The van der Waals surface area contributed by atoms with E-state index in [9.17, 15) is 14.7 Å². The van der Waals surface area contributed by atoms with Gasteiger partial charge in [-0.1, -0.05) is 42.5 Å². The molecule has 0 aliphatic carbocycles. The van der Waals surface area contributed by atoms with Crippen LogP contribution < -0.4 is 9.47 Å². The van der Waals surface area contributed by atoms with Gasteiger partial charge in [0.1, 0.15) is 23.9 Å². The zero-order valence-electron chi connectivity index (χ0n) is 22.3. The molecule has 2 heterocycles. The van der Waals surface area contributed by atoms with Crippen LogP contribution in [0.1, 0.15) is 48.1 Å². The molecular formula is C32H33NO6. The van der Waals surface area contributed by atoms with Gasteiger partial charge in [-0.25, -0.2) is 0 Å². The lowest BCUT2D eigenvalue weighted by atomic mass is 9.94. The summed E-state index contributed by atoms with van der Waals surface area (Å²) >= 11 is 0. The maximum Gasteiger partial charge on any atom is 0.295 e. The van der Waals surface area contributed by atoms with Crippen molar-refractivity contribution in [2.45, 2.75) is 45.4 Å². The SMILES string of the molecule is CCOc1ccc(C2/C(=C(/O)c3ccc(OCc4ccccc4)c(C)c3)C(=O)C(=O)N2CC2CCCO2)cc1. The molecular weight excluding hydrogens is 494 g/mol. The molecule has 0 aromatic heterocycles. The van der Waals surface area contributed by atoms with Crippen LogP contribution in [0.3, 0.4) is 0 Å². The van der Waals surface area contributed by atoms with Gasteiger partial charge in [0.15, 0.2) is 0 Å². The lowest BCUT2D eigenvalue weighted by Crippen LogP contribution is -2.36.